The minimum Gasteiger partial charge on any atom is -0.326 e. The van der Waals surface area contributed by atoms with Gasteiger partial charge >= 0.3 is 0 Å². The van der Waals surface area contributed by atoms with Gasteiger partial charge in [0, 0.05) is 35.8 Å². The first kappa shape index (κ1) is 19.5. The maximum absolute atomic E-state index is 12.7. The molecule has 0 saturated carbocycles. The van der Waals surface area contributed by atoms with Gasteiger partial charge in [-0.15, -0.1) is 11.8 Å². The summed E-state index contributed by atoms with van der Waals surface area (Å²) < 4.78 is 0. The molecule has 1 atom stereocenters. The number of hydrogen-bond acceptors (Lipinski definition) is 4. The lowest BCUT2D eigenvalue weighted by Crippen LogP contribution is -2.28. The van der Waals surface area contributed by atoms with Crippen LogP contribution in [0.5, 0.6) is 0 Å². The number of benzene rings is 2. The van der Waals surface area contributed by atoms with Crippen molar-refractivity contribution < 1.29 is 9.59 Å². The number of nitrogens with one attached hydrogen (secondary N) is 1. The van der Waals surface area contributed by atoms with Crippen LogP contribution in [0.1, 0.15) is 12.0 Å². The zero-order chi connectivity index (χ0) is 19.4. The van der Waals surface area contributed by atoms with Gasteiger partial charge in [-0.25, -0.2) is 0 Å². The minimum absolute atomic E-state index is 0.00610. The molecule has 3 rings (SSSR count). The standard InChI is InChI=1S/C21H25N3O2S/c1-23(2)13-15-5-4-6-17(11-15)22-21(26)16-12-20(25)24(14-16)18-7-9-19(27-3)10-8-18/h4-11,16H,12-14H2,1-3H3,(H,22,26). The highest BCUT2D eigenvalue weighted by atomic mass is 32.2. The molecule has 0 radical (unpaired) electrons. The maximum atomic E-state index is 12.7. The Balaban J connectivity index is 1.65. The van der Waals surface area contributed by atoms with Crippen molar-refractivity contribution in [1.82, 2.24) is 4.90 Å². The number of hydrogen-bond donors (Lipinski definition) is 1. The molecule has 2 amide bonds. The first-order chi connectivity index (χ1) is 13.0. The molecule has 1 unspecified atom stereocenters. The van der Waals surface area contributed by atoms with Crippen LogP contribution in [0.15, 0.2) is 53.4 Å². The van der Waals surface area contributed by atoms with E-state index in [-0.39, 0.29) is 24.2 Å². The summed E-state index contributed by atoms with van der Waals surface area (Å²) >= 11 is 1.66. The van der Waals surface area contributed by atoms with Gasteiger partial charge in [0.15, 0.2) is 0 Å². The van der Waals surface area contributed by atoms with E-state index in [0.29, 0.717) is 6.54 Å². The number of rotatable bonds is 6. The maximum Gasteiger partial charge on any atom is 0.229 e. The van der Waals surface area contributed by atoms with E-state index in [1.165, 1.54) is 0 Å². The van der Waals surface area contributed by atoms with Crippen LogP contribution in [-0.2, 0) is 16.1 Å². The summed E-state index contributed by atoms with van der Waals surface area (Å²) in [7, 11) is 4.02. The molecule has 0 bridgehead atoms. The summed E-state index contributed by atoms with van der Waals surface area (Å²) in [6, 6.07) is 15.7. The molecular weight excluding hydrogens is 358 g/mol. The second-order valence-electron chi connectivity index (χ2n) is 7.03. The third kappa shape index (κ3) is 4.90. The van der Waals surface area contributed by atoms with Crippen molar-refractivity contribution in [3.8, 4) is 0 Å². The fourth-order valence-corrected chi connectivity index (χ4v) is 3.66. The molecule has 5 nitrogen and oxygen atoms in total. The lowest BCUT2D eigenvalue weighted by atomic mass is 10.1. The number of carbonyl (C=O) groups is 2. The summed E-state index contributed by atoms with van der Waals surface area (Å²) in [5.74, 6) is -0.447. The summed E-state index contributed by atoms with van der Waals surface area (Å²) in [5, 5.41) is 2.97. The van der Waals surface area contributed by atoms with Crippen molar-refractivity contribution in [1.29, 1.82) is 0 Å². The van der Waals surface area contributed by atoms with Gasteiger partial charge in [-0.05, 0) is 62.3 Å². The van der Waals surface area contributed by atoms with Crippen molar-refractivity contribution in [3.63, 3.8) is 0 Å². The zero-order valence-corrected chi connectivity index (χ0v) is 16.8. The molecule has 1 fully saturated rings. The van der Waals surface area contributed by atoms with Gasteiger partial charge in [0.1, 0.15) is 0 Å². The Morgan fingerprint density at radius 2 is 1.96 bits per heavy atom. The van der Waals surface area contributed by atoms with Crippen LogP contribution < -0.4 is 10.2 Å². The number of thioether (sulfide) groups is 1. The normalized spacial score (nSPS) is 16.8. The van der Waals surface area contributed by atoms with Crippen LogP contribution >= 0.6 is 11.8 Å². The first-order valence-corrected chi connectivity index (χ1v) is 10.2. The number of anilines is 2. The molecule has 1 heterocycles. The smallest absolute Gasteiger partial charge is 0.229 e. The molecule has 2 aromatic rings. The number of amides is 2. The van der Waals surface area contributed by atoms with E-state index >= 15 is 0 Å². The fourth-order valence-electron chi connectivity index (χ4n) is 3.25. The Morgan fingerprint density at radius 3 is 2.63 bits per heavy atom. The van der Waals surface area contributed by atoms with Gasteiger partial charge in [0.2, 0.25) is 11.8 Å². The highest BCUT2D eigenvalue weighted by Crippen LogP contribution is 2.28. The van der Waals surface area contributed by atoms with E-state index in [4.69, 9.17) is 0 Å². The lowest BCUT2D eigenvalue weighted by molar-refractivity contribution is -0.122. The molecule has 1 aliphatic heterocycles. The van der Waals surface area contributed by atoms with Crippen molar-refractivity contribution in [2.75, 3.05) is 37.1 Å². The van der Waals surface area contributed by atoms with Gasteiger partial charge in [-0.3, -0.25) is 9.59 Å². The Labute approximate surface area is 164 Å². The quantitative estimate of drug-likeness (QED) is 0.776. The average molecular weight is 384 g/mol. The van der Waals surface area contributed by atoms with Crippen molar-refractivity contribution in [2.24, 2.45) is 5.92 Å². The third-order valence-corrected chi connectivity index (χ3v) is 5.32. The van der Waals surface area contributed by atoms with E-state index in [9.17, 15) is 9.59 Å². The van der Waals surface area contributed by atoms with Crippen molar-refractivity contribution >= 4 is 35.0 Å². The van der Waals surface area contributed by atoms with E-state index < -0.39 is 0 Å². The van der Waals surface area contributed by atoms with E-state index in [0.717, 1.165) is 28.4 Å². The van der Waals surface area contributed by atoms with Crippen LogP contribution in [0.2, 0.25) is 0 Å². The van der Waals surface area contributed by atoms with E-state index in [2.05, 4.69) is 10.2 Å². The molecule has 27 heavy (non-hydrogen) atoms. The summed E-state index contributed by atoms with van der Waals surface area (Å²) in [6.07, 6.45) is 2.26. The summed E-state index contributed by atoms with van der Waals surface area (Å²) in [6.45, 7) is 1.23. The highest BCUT2D eigenvalue weighted by molar-refractivity contribution is 7.98. The molecule has 0 spiro atoms. The Morgan fingerprint density at radius 1 is 1.22 bits per heavy atom. The van der Waals surface area contributed by atoms with Gasteiger partial charge in [-0.1, -0.05) is 12.1 Å². The molecular formula is C21H25N3O2S. The third-order valence-electron chi connectivity index (χ3n) is 4.57. The second-order valence-corrected chi connectivity index (χ2v) is 7.91. The van der Waals surface area contributed by atoms with Crippen molar-refractivity contribution in [3.05, 3.63) is 54.1 Å². The molecule has 0 aromatic heterocycles. The summed E-state index contributed by atoms with van der Waals surface area (Å²) in [4.78, 5) is 30.0. The van der Waals surface area contributed by atoms with Gasteiger partial charge < -0.3 is 15.1 Å². The molecule has 1 saturated heterocycles. The molecule has 1 N–H and O–H groups in total. The van der Waals surface area contributed by atoms with E-state index in [1.807, 2.05) is 68.9 Å². The van der Waals surface area contributed by atoms with Crippen LogP contribution in [0.3, 0.4) is 0 Å². The largest absolute Gasteiger partial charge is 0.326 e. The van der Waals surface area contributed by atoms with Gasteiger partial charge in [-0.2, -0.15) is 0 Å². The second kappa shape index (κ2) is 8.59. The molecule has 1 aliphatic rings. The molecule has 142 valence electrons. The Hall–Kier alpha value is -2.31. The SMILES string of the molecule is CSc1ccc(N2CC(C(=O)Nc3cccc(CN(C)C)c3)CC2=O)cc1. The van der Waals surface area contributed by atoms with Gasteiger partial charge in [0.25, 0.3) is 0 Å². The van der Waals surface area contributed by atoms with E-state index in [1.54, 1.807) is 16.7 Å². The first-order valence-electron chi connectivity index (χ1n) is 8.95. The Bertz CT molecular complexity index is 820. The molecule has 2 aromatic carbocycles. The number of nitrogens with zero attached hydrogens (tertiary/aromatic N) is 2. The minimum atomic E-state index is -0.338. The number of carbonyl (C=O) groups excluding carboxylic acids is 2. The fraction of sp³-hybridized carbons (Fsp3) is 0.333. The average Bonchev–Trinajstić information content (AvgIpc) is 3.03. The van der Waals surface area contributed by atoms with Crippen LogP contribution in [0.4, 0.5) is 11.4 Å². The predicted molar refractivity (Wildman–Crippen MR) is 111 cm³/mol. The van der Waals surface area contributed by atoms with Gasteiger partial charge in [0.05, 0.1) is 5.92 Å². The molecule has 6 heteroatoms. The lowest BCUT2D eigenvalue weighted by Gasteiger charge is -2.17. The highest BCUT2D eigenvalue weighted by Gasteiger charge is 2.35. The van der Waals surface area contributed by atoms with Crippen LogP contribution in [0.25, 0.3) is 0 Å². The Kier molecular flexibility index (Phi) is 6.19. The predicted octanol–water partition coefficient (Wildman–Crippen LogP) is 3.46. The molecule has 0 aliphatic carbocycles. The topological polar surface area (TPSA) is 52.7 Å². The van der Waals surface area contributed by atoms with Crippen LogP contribution in [-0.4, -0.2) is 43.6 Å². The monoisotopic (exact) mass is 383 g/mol. The van der Waals surface area contributed by atoms with Crippen LogP contribution in [0, 0.1) is 5.92 Å². The van der Waals surface area contributed by atoms with Crippen molar-refractivity contribution in [2.45, 2.75) is 17.9 Å². The summed E-state index contributed by atoms with van der Waals surface area (Å²) in [5.41, 5.74) is 2.76. The zero-order valence-electron chi connectivity index (χ0n) is 15.9.